The fourth-order valence-corrected chi connectivity index (χ4v) is 3.09. The summed E-state index contributed by atoms with van der Waals surface area (Å²) in [6.07, 6.45) is 0.965. The first kappa shape index (κ1) is 20.7. The zero-order valence-corrected chi connectivity index (χ0v) is 15.9. The molecule has 3 N–H and O–H groups in total. The van der Waals surface area contributed by atoms with Crippen molar-refractivity contribution in [2.45, 2.75) is 6.42 Å². The van der Waals surface area contributed by atoms with Gasteiger partial charge in [-0.3, -0.25) is 40.2 Å². The van der Waals surface area contributed by atoms with Gasteiger partial charge >= 0.3 is 5.97 Å². The van der Waals surface area contributed by atoms with Gasteiger partial charge in [-0.15, -0.1) is 5.10 Å². The molecular formula is C16H12N6O7S. The Morgan fingerprint density at radius 2 is 2.13 bits per heavy atom. The van der Waals surface area contributed by atoms with Gasteiger partial charge < -0.3 is 4.74 Å². The minimum atomic E-state index is -0.779. The molecule has 0 radical (unpaired) electrons. The van der Waals surface area contributed by atoms with E-state index < -0.39 is 27.9 Å². The first-order valence-electron chi connectivity index (χ1n) is 8.09. The third-order valence-electron chi connectivity index (χ3n) is 3.71. The Morgan fingerprint density at radius 3 is 2.77 bits per heavy atom. The van der Waals surface area contributed by atoms with Crippen LogP contribution in [0.4, 0.5) is 16.4 Å². The van der Waals surface area contributed by atoms with Crippen molar-refractivity contribution in [3.05, 3.63) is 50.2 Å². The van der Waals surface area contributed by atoms with Gasteiger partial charge in [-0.05, 0) is 23.4 Å². The number of rotatable bonds is 6. The predicted octanol–water partition coefficient (Wildman–Crippen LogP) is 1.00. The number of esters is 1. The Labute approximate surface area is 171 Å². The van der Waals surface area contributed by atoms with Crippen LogP contribution in [0.15, 0.2) is 23.1 Å². The highest BCUT2D eigenvalue weighted by Gasteiger charge is 2.25. The molecule has 3 rings (SSSR count). The molecule has 0 unspecified atom stereocenters. The van der Waals surface area contributed by atoms with Gasteiger partial charge in [0.25, 0.3) is 16.8 Å². The van der Waals surface area contributed by atoms with E-state index in [2.05, 4.69) is 30.6 Å². The minimum Gasteiger partial charge on any atom is -0.463 e. The van der Waals surface area contributed by atoms with Crippen molar-refractivity contribution in [2.75, 3.05) is 12.4 Å². The maximum absolute atomic E-state index is 12.2. The summed E-state index contributed by atoms with van der Waals surface area (Å²) in [5.41, 5.74) is 0.0670. The molecule has 1 aromatic carbocycles. The Kier molecular flexibility index (Phi) is 5.87. The maximum atomic E-state index is 12.2. The molecule has 1 fully saturated rings. The van der Waals surface area contributed by atoms with Crippen LogP contribution in [0.25, 0.3) is 6.08 Å². The van der Waals surface area contributed by atoms with Crippen LogP contribution in [-0.4, -0.2) is 50.2 Å². The highest BCUT2D eigenvalue weighted by atomic mass is 32.2. The summed E-state index contributed by atoms with van der Waals surface area (Å²) in [5.74, 6) is -2.44. The summed E-state index contributed by atoms with van der Waals surface area (Å²) in [4.78, 5) is 60.9. The van der Waals surface area contributed by atoms with Crippen molar-refractivity contribution in [3.8, 4) is 0 Å². The van der Waals surface area contributed by atoms with Crippen molar-refractivity contribution in [2.24, 2.45) is 0 Å². The van der Waals surface area contributed by atoms with Gasteiger partial charge in [-0.1, -0.05) is 12.1 Å². The number of thioether (sulfide) groups is 1. The Morgan fingerprint density at radius 1 is 1.37 bits per heavy atom. The highest BCUT2D eigenvalue weighted by molar-refractivity contribution is 8.18. The van der Waals surface area contributed by atoms with Crippen LogP contribution in [0.5, 0.6) is 0 Å². The Hall–Kier alpha value is -4.07. The largest absolute Gasteiger partial charge is 0.463 e. The molecular weight excluding hydrogens is 420 g/mol. The van der Waals surface area contributed by atoms with Gasteiger partial charge in [0, 0.05) is 11.6 Å². The molecule has 13 nitrogen and oxygen atoms in total. The number of H-pyrrole nitrogens is 1. The molecule has 30 heavy (non-hydrogen) atoms. The van der Waals surface area contributed by atoms with E-state index in [-0.39, 0.29) is 34.3 Å². The summed E-state index contributed by atoms with van der Waals surface area (Å²) in [5, 5.41) is 21.2. The molecule has 0 atom stereocenters. The van der Waals surface area contributed by atoms with Gasteiger partial charge in [-0.2, -0.15) is 4.98 Å². The number of methoxy groups -OCH3 is 1. The zero-order chi connectivity index (χ0) is 21.8. The molecule has 1 saturated heterocycles. The summed E-state index contributed by atoms with van der Waals surface area (Å²) in [6, 6.07) is 4.02. The molecule has 0 aliphatic carbocycles. The molecule has 154 valence electrons. The zero-order valence-electron chi connectivity index (χ0n) is 15.1. The van der Waals surface area contributed by atoms with Crippen molar-refractivity contribution in [3.63, 3.8) is 0 Å². The molecule has 0 bridgehead atoms. The summed E-state index contributed by atoms with van der Waals surface area (Å²) >= 11 is 0.682. The number of aromatic nitrogens is 3. The van der Waals surface area contributed by atoms with E-state index in [0.29, 0.717) is 17.3 Å². The summed E-state index contributed by atoms with van der Waals surface area (Å²) in [7, 11) is 1.15. The monoisotopic (exact) mass is 432 g/mol. The van der Waals surface area contributed by atoms with Crippen LogP contribution in [0, 0.1) is 10.1 Å². The van der Waals surface area contributed by atoms with E-state index in [4.69, 9.17) is 0 Å². The van der Waals surface area contributed by atoms with E-state index in [1.165, 1.54) is 24.3 Å². The maximum Gasteiger partial charge on any atom is 0.375 e. The van der Waals surface area contributed by atoms with E-state index in [0.717, 1.165) is 7.11 Å². The smallest absolute Gasteiger partial charge is 0.375 e. The number of nitro groups is 1. The first-order chi connectivity index (χ1) is 14.3. The summed E-state index contributed by atoms with van der Waals surface area (Å²) in [6.45, 7) is 0. The van der Waals surface area contributed by atoms with Crippen LogP contribution < -0.4 is 10.6 Å². The van der Waals surface area contributed by atoms with Gasteiger partial charge in [-0.25, -0.2) is 4.79 Å². The average molecular weight is 432 g/mol. The molecule has 14 heteroatoms. The SMILES string of the molecule is COC(=O)c1nc(NC(=O)Cc2ccc(/C=C3\SC(=O)NC3=O)cc2[N+](=O)[O-])n[nH]1. The second-order valence-electron chi connectivity index (χ2n) is 5.72. The van der Waals surface area contributed by atoms with E-state index in [1.54, 1.807) is 0 Å². The van der Waals surface area contributed by atoms with E-state index in [9.17, 15) is 29.3 Å². The number of aromatic amines is 1. The van der Waals surface area contributed by atoms with Crippen LogP contribution in [0.2, 0.25) is 0 Å². The Balaban J connectivity index is 1.76. The lowest BCUT2D eigenvalue weighted by Gasteiger charge is -2.04. The second-order valence-corrected chi connectivity index (χ2v) is 6.74. The van der Waals surface area contributed by atoms with Gasteiger partial charge in [0.05, 0.1) is 23.4 Å². The van der Waals surface area contributed by atoms with Gasteiger partial charge in [0.2, 0.25) is 17.7 Å². The third kappa shape index (κ3) is 4.67. The normalized spacial score (nSPS) is 14.5. The summed E-state index contributed by atoms with van der Waals surface area (Å²) < 4.78 is 4.45. The lowest BCUT2D eigenvalue weighted by Crippen LogP contribution is -2.17. The average Bonchev–Trinajstić information content (AvgIpc) is 3.28. The molecule has 0 saturated carbocycles. The number of amides is 3. The standard InChI is InChI=1S/C16H12N6O7S/c1-29-14(25)12-18-15(21-20-12)17-11(23)6-8-3-2-7(4-9(8)22(27)28)5-10-13(24)19-16(26)30-10/h2-5H,6H2,1H3,(H,19,24,26)(H2,17,18,20,21,23)/b10-5-. The topological polar surface area (TPSA) is 186 Å². The lowest BCUT2D eigenvalue weighted by atomic mass is 10.1. The molecule has 2 heterocycles. The number of carbonyl (C=O) groups is 4. The van der Waals surface area contributed by atoms with Crippen molar-refractivity contribution >= 4 is 52.5 Å². The number of ether oxygens (including phenoxy) is 1. The number of nitro benzene ring substituents is 1. The molecule has 1 aliphatic heterocycles. The van der Waals surface area contributed by atoms with Crippen LogP contribution in [0.3, 0.4) is 0 Å². The molecule has 3 amide bonds. The predicted molar refractivity (Wildman–Crippen MR) is 102 cm³/mol. The minimum absolute atomic E-state index is 0.1000. The first-order valence-corrected chi connectivity index (χ1v) is 8.91. The third-order valence-corrected chi connectivity index (χ3v) is 4.52. The molecule has 0 spiro atoms. The number of hydrogen-bond acceptors (Lipinski definition) is 10. The molecule has 2 aromatic rings. The fourth-order valence-electron chi connectivity index (χ4n) is 2.41. The van der Waals surface area contributed by atoms with Gasteiger partial charge in [0.1, 0.15) is 0 Å². The van der Waals surface area contributed by atoms with Crippen LogP contribution in [0.1, 0.15) is 21.7 Å². The Bertz CT molecular complexity index is 1110. The number of nitrogens with zero attached hydrogens (tertiary/aromatic N) is 3. The van der Waals surface area contributed by atoms with Crippen molar-refractivity contribution in [1.29, 1.82) is 0 Å². The number of benzene rings is 1. The van der Waals surface area contributed by atoms with E-state index in [1.807, 2.05) is 0 Å². The number of hydrogen-bond donors (Lipinski definition) is 3. The molecule has 1 aromatic heterocycles. The molecule has 1 aliphatic rings. The van der Waals surface area contributed by atoms with Crippen molar-refractivity contribution < 1.29 is 28.8 Å². The number of carbonyl (C=O) groups excluding carboxylic acids is 4. The second kappa shape index (κ2) is 8.52. The number of imide groups is 1. The van der Waals surface area contributed by atoms with E-state index >= 15 is 0 Å². The lowest BCUT2D eigenvalue weighted by molar-refractivity contribution is -0.385. The van der Waals surface area contributed by atoms with Crippen molar-refractivity contribution in [1.82, 2.24) is 20.5 Å². The van der Waals surface area contributed by atoms with Crippen LogP contribution in [-0.2, 0) is 20.7 Å². The number of anilines is 1. The van der Waals surface area contributed by atoms with Gasteiger partial charge in [0.15, 0.2) is 0 Å². The number of nitrogens with one attached hydrogen (secondary N) is 3. The fraction of sp³-hybridized carbons (Fsp3) is 0.125. The quantitative estimate of drug-likeness (QED) is 0.257. The highest BCUT2D eigenvalue weighted by Crippen LogP contribution is 2.28. The van der Waals surface area contributed by atoms with Crippen LogP contribution >= 0.6 is 11.8 Å².